The Hall–Kier alpha value is -1.00. The van der Waals surface area contributed by atoms with Crippen molar-refractivity contribution in [3.8, 4) is 0 Å². The van der Waals surface area contributed by atoms with Crippen LogP contribution in [0.3, 0.4) is 0 Å². The fourth-order valence-electron chi connectivity index (χ4n) is 1.29. The van der Waals surface area contributed by atoms with E-state index in [4.69, 9.17) is 5.73 Å². The molecule has 1 atom stereocenters. The molecule has 3 N–H and O–H groups in total. The van der Waals surface area contributed by atoms with Gasteiger partial charge in [0.2, 0.25) is 5.91 Å². The lowest BCUT2D eigenvalue weighted by Crippen LogP contribution is -2.40. The van der Waals surface area contributed by atoms with Crippen molar-refractivity contribution in [2.75, 3.05) is 12.0 Å². The number of benzene rings is 1. The number of hydrogen-bond acceptors (Lipinski definition) is 3. The molecule has 0 aliphatic heterocycles. The molecule has 1 aromatic carbocycles. The quantitative estimate of drug-likeness (QED) is 0.787. The van der Waals surface area contributed by atoms with Crippen LogP contribution >= 0.6 is 11.8 Å². The van der Waals surface area contributed by atoms with E-state index in [1.807, 2.05) is 36.6 Å². The summed E-state index contributed by atoms with van der Waals surface area (Å²) in [6.07, 6.45) is 2.73. The van der Waals surface area contributed by atoms with E-state index in [9.17, 15) is 4.79 Å². The molecule has 1 amide bonds. The predicted molar refractivity (Wildman–Crippen MR) is 69.3 cm³/mol. The minimum Gasteiger partial charge on any atom is -0.351 e. The Morgan fingerprint density at radius 2 is 2.12 bits per heavy atom. The molecule has 0 radical (unpaired) electrons. The Morgan fingerprint density at radius 3 is 2.75 bits per heavy atom. The van der Waals surface area contributed by atoms with Crippen LogP contribution in [0.1, 0.15) is 12.0 Å². The van der Waals surface area contributed by atoms with E-state index in [0.29, 0.717) is 6.54 Å². The second-order valence-corrected chi connectivity index (χ2v) is 4.58. The van der Waals surface area contributed by atoms with E-state index in [-0.39, 0.29) is 5.91 Å². The lowest BCUT2D eigenvalue weighted by Gasteiger charge is -2.11. The monoisotopic (exact) mass is 238 g/mol. The second-order valence-electron chi connectivity index (χ2n) is 3.59. The van der Waals surface area contributed by atoms with Gasteiger partial charge >= 0.3 is 0 Å². The van der Waals surface area contributed by atoms with Crippen molar-refractivity contribution in [2.45, 2.75) is 19.0 Å². The van der Waals surface area contributed by atoms with Crippen molar-refractivity contribution in [3.63, 3.8) is 0 Å². The molecule has 0 fully saturated rings. The zero-order chi connectivity index (χ0) is 11.8. The lowest BCUT2D eigenvalue weighted by molar-refractivity contribution is -0.122. The molecule has 0 aromatic heterocycles. The number of hydrogen-bond donors (Lipinski definition) is 2. The summed E-state index contributed by atoms with van der Waals surface area (Å²) in [7, 11) is 0. The van der Waals surface area contributed by atoms with Crippen LogP contribution in [0.25, 0.3) is 0 Å². The number of amides is 1. The Labute approximate surface area is 101 Å². The maximum absolute atomic E-state index is 11.6. The van der Waals surface area contributed by atoms with Gasteiger partial charge in [0.05, 0.1) is 6.04 Å². The summed E-state index contributed by atoms with van der Waals surface area (Å²) < 4.78 is 0. The average molecular weight is 238 g/mol. The second kappa shape index (κ2) is 7.30. The molecule has 1 rings (SSSR count). The van der Waals surface area contributed by atoms with Crippen molar-refractivity contribution >= 4 is 17.7 Å². The van der Waals surface area contributed by atoms with Gasteiger partial charge in [-0.2, -0.15) is 11.8 Å². The van der Waals surface area contributed by atoms with Crippen molar-refractivity contribution in [1.82, 2.24) is 5.32 Å². The van der Waals surface area contributed by atoms with Crippen LogP contribution in [-0.4, -0.2) is 24.0 Å². The fraction of sp³-hybridized carbons (Fsp3) is 0.417. The molecule has 0 spiro atoms. The summed E-state index contributed by atoms with van der Waals surface area (Å²) in [5.41, 5.74) is 6.83. The Bertz CT molecular complexity index is 316. The summed E-state index contributed by atoms with van der Waals surface area (Å²) >= 11 is 1.70. The van der Waals surface area contributed by atoms with Crippen LogP contribution in [0.2, 0.25) is 0 Å². The van der Waals surface area contributed by atoms with Gasteiger partial charge in [-0.3, -0.25) is 4.79 Å². The predicted octanol–water partition coefficient (Wildman–Crippen LogP) is 1.38. The van der Waals surface area contributed by atoms with Gasteiger partial charge in [0.25, 0.3) is 0 Å². The standard InChI is InChI=1S/C12H18N2OS/c1-16-8-7-11(13)12(15)14-9-10-5-3-2-4-6-10/h2-6,11H,7-9,13H2,1H3,(H,14,15)/t11-/m0/s1. The van der Waals surface area contributed by atoms with Crippen LogP contribution in [0.5, 0.6) is 0 Å². The number of thioether (sulfide) groups is 1. The van der Waals surface area contributed by atoms with Crippen LogP contribution < -0.4 is 11.1 Å². The highest BCUT2D eigenvalue weighted by molar-refractivity contribution is 7.98. The summed E-state index contributed by atoms with van der Waals surface area (Å²) in [5, 5.41) is 2.83. The Kier molecular flexibility index (Phi) is 5.96. The zero-order valence-electron chi connectivity index (χ0n) is 9.48. The number of rotatable bonds is 6. The van der Waals surface area contributed by atoms with E-state index in [2.05, 4.69) is 5.32 Å². The number of nitrogens with one attached hydrogen (secondary N) is 1. The van der Waals surface area contributed by atoms with E-state index in [0.717, 1.165) is 17.7 Å². The van der Waals surface area contributed by atoms with E-state index < -0.39 is 6.04 Å². The van der Waals surface area contributed by atoms with Gasteiger partial charge < -0.3 is 11.1 Å². The summed E-state index contributed by atoms with van der Waals surface area (Å²) in [6, 6.07) is 9.43. The molecule has 4 heteroatoms. The lowest BCUT2D eigenvalue weighted by atomic mass is 10.2. The highest BCUT2D eigenvalue weighted by atomic mass is 32.2. The summed E-state index contributed by atoms with van der Waals surface area (Å²) in [4.78, 5) is 11.6. The van der Waals surface area contributed by atoms with Gasteiger partial charge in [0, 0.05) is 6.54 Å². The van der Waals surface area contributed by atoms with Gasteiger partial charge in [-0.25, -0.2) is 0 Å². The van der Waals surface area contributed by atoms with Crippen molar-refractivity contribution in [3.05, 3.63) is 35.9 Å². The first-order valence-corrected chi connectivity index (χ1v) is 6.69. The molecule has 0 saturated heterocycles. The van der Waals surface area contributed by atoms with Crippen LogP contribution in [-0.2, 0) is 11.3 Å². The molecule has 0 bridgehead atoms. The van der Waals surface area contributed by atoms with E-state index in [1.54, 1.807) is 11.8 Å². The third kappa shape index (κ3) is 4.68. The van der Waals surface area contributed by atoms with Crippen molar-refractivity contribution < 1.29 is 4.79 Å². The zero-order valence-corrected chi connectivity index (χ0v) is 10.3. The molecule has 0 aliphatic carbocycles. The molecule has 0 unspecified atom stereocenters. The third-order valence-electron chi connectivity index (χ3n) is 2.28. The first-order valence-electron chi connectivity index (χ1n) is 5.30. The molecule has 0 heterocycles. The summed E-state index contributed by atoms with van der Waals surface area (Å²) in [5.74, 6) is 0.845. The maximum atomic E-state index is 11.6. The molecule has 1 aromatic rings. The first kappa shape index (κ1) is 13.1. The molecule has 0 aliphatic rings. The highest BCUT2D eigenvalue weighted by Gasteiger charge is 2.11. The number of carbonyl (C=O) groups excluding carboxylic acids is 1. The average Bonchev–Trinajstić information content (AvgIpc) is 2.34. The number of carbonyl (C=O) groups is 1. The first-order chi connectivity index (χ1) is 7.74. The summed E-state index contributed by atoms with van der Waals surface area (Å²) in [6.45, 7) is 0.548. The van der Waals surface area contributed by atoms with Gasteiger partial charge in [-0.1, -0.05) is 30.3 Å². The van der Waals surface area contributed by atoms with Crippen LogP contribution in [0, 0.1) is 0 Å². The minimum absolute atomic E-state index is 0.0714. The van der Waals surface area contributed by atoms with Crippen molar-refractivity contribution in [1.29, 1.82) is 0 Å². The Balaban J connectivity index is 2.29. The normalized spacial score (nSPS) is 12.1. The highest BCUT2D eigenvalue weighted by Crippen LogP contribution is 2.00. The van der Waals surface area contributed by atoms with Gasteiger partial charge in [-0.15, -0.1) is 0 Å². The molecule has 0 saturated carbocycles. The molecule has 16 heavy (non-hydrogen) atoms. The van der Waals surface area contributed by atoms with E-state index in [1.165, 1.54) is 0 Å². The van der Waals surface area contributed by atoms with Gasteiger partial charge in [0.1, 0.15) is 0 Å². The molecule has 88 valence electrons. The largest absolute Gasteiger partial charge is 0.351 e. The van der Waals surface area contributed by atoms with Gasteiger partial charge in [0.15, 0.2) is 0 Å². The SMILES string of the molecule is CSCC[C@H](N)C(=O)NCc1ccccc1. The Morgan fingerprint density at radius 1 is 1.44 bits per heavy atom. The van der Waals surface area contributed by atoms with E-state index >= 15 is 0 Å². The van der Waals surface area contributed by atoms with Crippen LogP contribution in [0.15, 0.2) is 30.3 Å². The fourth-order valence-corrected chi connectivity index (χ4v) is 1.78. The topological polar surface area (TPSA) is 55.1 Å². The molecule has 3 nitrogen and oxygen atoms in total. The maximum Gasteiger partial charge on any atom is 0.237 e. The molecular formula is C12H18N2OS. The third-order valence-corrected chi connectivity index (χ3v) is 2.92. The van der Waals surface area contributed by atoms with Crippen LogP contribution in [0.4, 0.5) is 0 Å². The minimum atomic E-state index is -0.392. The smallest absolute Gasteiger partial charge is 0.237 e. The number of nitrogens with two attached hydrogens (primary N) is 1. The molecular weight excluding hydrogens is 220 g/mol. The van der Waals surface area contributed by atoms with Crippen molar-refractivity contribution in [2.24, 2.45) is 5.73 Å². The van der Waals surface area contributed by atoms with Gasteiger partial charge in [-0.05, 0) is 24.0 Å².